The average molecular weight is 440 g/mol. The SMILES string of the molecule is COC(=O)/C=C/c1c(OCCCCC(=O)OC)cccc1OS(=O)(=O)C(F)(F)F. The third kappa shape index (κ3) is 7.64. The zero-order chi connectivity index (χ0) is 22.1. The maximum Gasteiger partial charge on any atom is 0.534 e. The van der Waals surface area contributed by atoms with Crippen molar-refractivity contribution in [3.63, 3.8) is 0 Å². The second kappa shape index (κ2) is 10.7. The van der Waals surface area contributed by atoms with Gasteiger partial charge in [0, 0.05) is 12.5 Å². The summed E-state index contributed by atoms with van der Waals surface area (Å²) in [6, 6.07) is 3.55. The smallest absolute Gasteiger partial charge is 0.493 e. The van der Waals surface area contributed by atoms with Crippen LogP contribution in [0, 0.1) is 0 Å². The monoisotopic (exact) mass is 440 g/mol. The minimum absolute atomic E-state index is 0.0295. The minimum atomic E-state index is -5.93. The second-order valence-electron chi connectivity index (χ2n) is 5.39. The molecule has 0 fully saturated rings. The molecule has 1 rings (SSSR count). The normalized spacial score (nSPS) is 11.9. The quantitative estimate of drug-likeness (QED) is 0.180. The van der Waals surface area contributed by atoms with E-state index < -0.39 is 33.3 Å². The molecule has 0 heterocycles. The van der Waals surface area contributed by atoms with E-state index in [4.69, 9.17) is 4.74 Å². The Morgan fingerprint density at radius 3 is 2.31 bits per heavy atom. The molecule has 162 valence electrons. The first-order valence-corrected chi connectivity index (χ1v) is 9.52. The van der Waals surface area contributed by atoms with Crippen molar-refractivity contribution in [3.05, 3.63) is 29.8 Å². The van der Waals surface area contributed by atoms with Crippen molar-refractivity contribution in [2.24, 2.45) is 0 Å². The molecule has 0 aliphatic rings. The Morgan fingerprint density at radius 2 is 1.72 bits per heavy atom. The van der Waals surface area contributed by atoms with Crippen LogP contribution in [-0.4, -0.2) is 46.7 Å². The summed E-state index contributed by atoms with van der Waals surface area (Å²) >= 11 is 0. The molecule has 0 bridgehead atoms. The Balaban J connectivity index is 3.07. The summed E-state index contributed by atoms with van der Waals surface area (Å²) < 4.78 is 79.1. The number of esters is 2. The van der Waals surface area contributed by atoms with E-state index in [1.807, 2.05) is 0 Å². The number of hydrogen-bond donors (Lipinski definition) is 0. The molecule has 0 unspecified atom stereocenters. The molecule has 29 heavy (non-hydrogen) atoms. The van der Waals surface area contributed by atoms with Crippen LogP contribution in [-0.2, 0) is 29.2 Å². The molecule has 12 heteroatoms. The van der Waals surface area contributed by atoms with Gasteiger partial charge in [-0.25, -0.2) is 4.79 Å². The van der Waals surface area contributed by atoms with Crippen LogP contribution in [0.3, 0.4) is 0 Å². The van der Waals surface area contributed by atoms with E-state index in [9.17, 15) is 31.2 Å². The maximum absolute atomic E-state index is 12.6. The molecular weight excluding hydrogens is 421 g/mol. The zero-order valence-corrected chi connectivity index (χ0v) is 16.3. The van der Waals surface area contributed by atoms with Crippen LogP contribution < -0.4 is 8.92 Å². The molecule has 8 nitrogen and oxygen atoms in total. The van der Waals surface area contributed by atoms with E-state index in [1.54, 1.807) is 0 Å². The molecule has 1 aromatic carbocycles. The van der Waals surface area contributed by atoms with Gasteiger partial charge >= 0.3 is 27.6 Å². The Labute approximate surface area is 165 Å². The standard InChI is InChI=1S/C17H19F3O8S/c1-25-15(21)8-3-4-11-27-13-6-5-7-14(12(13)9-10-16(22)26-2)28-29(23,24)17(18,19)20/h5-7,9-10H,3-4,8,11H2,1-2H3/b10-9+. The fraction of sp³-hybridized carbons (Fsp3) is 0.412. The van der Waals surface area contributed by atoms with E-state index in [0.29, 0.717) is 12.8 Å². The summed E-state index contributed by atoms with van der Waals surface area (Å²) in [7, 11) is -3.60. The Bertz CT molecular complexity index is 847. The number of alkyl halides is 3. The van der Waals surface area contributed by atoms with E-state index in [2.05, 4.69) is 13.7 Å². The number of unbranched alkanes of at least 4 members (excludes halogenated alkanes) is 1. The van der Waals surface area contributed by atoms with Gasteiger partial charge in [-0.15, -0.1) is 0 Å². The molecule has 0 spiro atoms. The zero-order valence-electron chi connectivity index (χ0n) is 15.5. The topological polar surface area (TPSA) is 105 Å². The Hall–Kier alpha value is -2.76. The highest BCUT2D eigenvalue weighted by atomic mass is 32.2. The van der Waals surface area contributed by atoms with Gasteiger partial charge in [0.1, 0.15) is 5.75 Å². The molecule has 0 atom stereocenters. The lowest BCUT2D eigenvalue weighted by molar-refractivity contribution is -0.140. The molecule has 1 aromatic rings. The first-order chi connectivity index (χ1) is 13.5. The lowest BCUT2D eigenvalue weighted by Gasteiger charge is -2.15. The van der Waals surface area contributed by atoms with Crippen LogP contribution in [0.4, 0.5) is 13.2 Å². The average Bonchev–Trinajstić information content (AvgIpc) is 2.65. The summed E-state index contributed by atoms with van der Waals surface area (Å²) in [4.78, 5) is 22.4. The van der Waals surface area contributed by atoms with Crippen LogP contribution in [0.5, 0.6) is 11.5 Å². The van der Waals surface area contributed by atoms with Crippen molar-refractivity contribution in [3.8, 4) is 11.5 Å². The number of methoxy groups -OCH3 is 2. The number of carbonyl (C=O) groups is 2. The molecule has 0 amide bonds. The van der Waals surface area contributed by atoms with Crippen LogP contribution >= 0.6 is 0 Å². The third-order valence-electron chi connectivity index (χ3n) is 3.36. The van der Waals surface area contributed by atoms with Crippen LogP contribution in [0.15, 0.2) is 24.3 Å². The van der Waals surface area contributed by atoms with Gasteiger partial charge in [-0.3, -0.25) is 4.79 Å². The number of ether oxygens (including phenoxy) is 3. The van der Waals surface area contributed by atoms with Gasteiger partial charge in [0.05, 0.1) is 26.4 Å². The van der Waals surface area contributed by atoms with E-state index in [0.717, 1.165) is 25.3 Å². The second-order valence-corrected chi connectivity index (χ2v) is 6.93. The molecule has 0 radical (unpaired) electrons. The van der Waals surface area contributed by atoms with Crippen molar-refractivity contribution >= 4 is 28.1 Å². The summed E-state index contributed by atoms with van der Waals surface area (Å²) in [5, 5.41) is 0. The van der Waals surface area contributed by atoms with E-state index in [1.165, 1.54) is 19.2 Å². The first-order valence-electron chi connectivity index (χ1n) is 8.11. The fourth-order valence-electron chi connectivity index (χ4n) is 1.93. The van der Waals surface area contributed by atoms with Gasteiger partial charge in [0.25, 0.3) is 0 Å². The molecular formula is C17H19F3O8S. The fourth-order valence-corrected chi connectivity index (χ4v) is 2.40. The molecule has 0 aromatic heterocycles. The van der Waals surface area contributed by atoms with E-state index >= 15 is 0 Å². The lowest BCUT2D eigenvalue weighted by atomic mass is 10.1. The highest BCUT2D eigenvalue weighted by molar-refractivity contribution is 7.88. The highest BCUT2D eigenvalue weighted by Gasteiger charge is 2.48. The van der Waals surface area contributed by atoms with E-state index in [-0.39, 0.29) is 24.3 Å². The van der Waals surface area contributed by atoms with Crippen molar-refractivity contribution in [1.82, 2.24) is 0 Å². The summed E-state index contributed by atoms with van der Waals surface area (Å²) in [6.45, 7) is 0.0610. The van der Waals surface area contributed by atoms with Crippen molar-refractivity contribution < 1.29 is 49.6 Å². The molecule has 0 N–H and O–H groups in total. The summed E-state index contributed by atoms with van der Waals surface area (Å²) in [5.41, 5.74) is -5.85. The largest absolute Gasteiger partial charge is 0.534 e. The lowest BCUT2D eigenvalue weighted by Crippen LogP contribution is -2.28. The Kier molecular flexibility index (Phi) is 8.95. The number of halogens is 3. The van der Waals surface area contributed by atoms with Gasteiger partial charge < -0.3 is 18.4 Å². The molecule has 0 aliphatic heterocycles. The van der Waals surface area contributed by atoms with Crippen molar-refractivity contribution in [1.29, 1.82) is 0 Å². The number of rotatable bonds is 10. The predicted octanol–water partition coefficient (Wildman–Crippen LogP) is 2.82. The predicted molar refractivity (Wildman–Crippen MR) is 94.5 cm³/mol. The van der Waals surface area contributed by atoms with Crippen molar-refractivity contribution in [2.45, 2.75) is 24.8 Å². The van der Waals surface area contributed by atoms with Gasteiger partial charge in [-0.2, -0.15) is 21.6 Å². The summed E-state index contributed by atoms with van der Waals surface area (Å²) in [6.07, 6.45) is 2.87. The van der Waals surface area contributed by atoms with Crippen LogP contribution in [0.25, 0.3) is 6.08 Å². The van der Waals surface area contributed by atoms with Gasteiger partial charge in [0.2, 0.25) is 0 Å². The van der Waals surface area contributed by atoms with Gasteiger partial charge in [-0.1, -0.05) is 6.07 Å². The molecule has 0 aliphatic carbocycles. The first kappa shape index (κ1) is 24.3. The van der Waals surface area contributed by atoms with Crippen LogP contribution in [0.1, 0.15) is 24.8 Å². The number of carbonyl (C=O) groups excluding carboxylic acids is 2. The van der Waals surface area contributed by atoms with Crippen molar-refractivity contribution in [2.75, 3.05) is 20.8 Å². The summed E-state index contributed by atoms with van der Waals surface area (Å²) in [5.74, 6) is -1.95. The number of hydrogen-bond acceptors (Lipinski definition) is 8. The third-order valence-corrected chi connectivity index (χ3v) is 4.32. The highest BCUT2D eigenvalue weighted by Crippen LogP contribution is 2.34. The minimum Gasteiger partial charge on any atom is -0.493 e. The molecule has 0 saturated carbocycles. The number of benzene rings is 1. The van der Waals surface area contributed by atoms with Gasteiger partial charge in [0.15, 0.2) is 5.75 Å². The van der Waals surface area contributed by atoms with Gasteiger partial charge in [-0.05, 0) is 31.1 Å². The van der Waals surface area contributed by atoms with Crippen LogP contribution in [0.2, 0.25) is 0 Å². The maximum atomic E-state index is 12.6. The molecule has 0 saturated heterocycles. The Morgan fingerprint density at radius 1 is 1.07 bits per heavy atom.